The van der Waals surface area contributed by atoms with Crippen LogP contribution in [-0.2, 0) is 14.3 Å². The van der Waals surface area contributed by atoms with Gasteiger partial charge in [0.2, 0.25) is 5.91 Å². The van der Waals surface area contributed by atoms with E-state index in [1.54, 1.807) is 11.9 Å². The Morgan fingerprint density at radius 3 is 2.22 bits per heavy atom. The Bertz CT molecular complexity index is 1100. The van der Waals surface area contributed by atoms with E-state index >= 15 is 0 Å². The van der Waals surface area contributed by atoms with E-state index in [0.29, 0.717) is 6.61 Å². The van der Waals surface area contributed by atoms with Crippen LogP contribution >= 0.6 is 23.1 Å². The molecular weight excluding hydrogens is 500 g/mol. The second-order valence-electron chi connectivity index (χ2n) is 9.41. The van der Waals surface area contributed by atoms with Crippen molar-refractivity contribution in [3.63, 3.8) is 0 Å². The van der Waals surface area contributed by atoms with Crippen molar-refractivity contribution in [1.29, 1.82) is 0 Å². The summed E-state index contributed by atoms with van der Waals surface area (Å²) in [5.74, 6) is -0.339. The number of aromatic nitrogens is 1. The van der Waals surface area contributed by atoms with Gasteiger partial charge < -0.3 is 9.64 Å². The summed E-state index contributed by atoms with van der Waals surface area (Å²) in [4.78, 5) is 32.6. The number of ether oxygens (including phenoxy) is 1. The summed E-state index contributed by atoms with van der Waals surface area (Å²) in [5.41, 5.74) is 1.65. The molecule has 0 saturated heterocycles. The van der Waals surface area contributed by atoms with Gasteiger partial charge >= 0.3 is 5.97 Å². The van der Waals surface area contributed by atoms with Crippen LogP contribution < -0.4 is 4.90 Å². The standard InChI is InChI=1S/C30H40N2O3S2/c1-4-5-6-7-8-9-10-11-12-17-22-35-30(34)28(29-31-24-18-13-15-20-26(24)37-29)36-27-21-16-14-19-25(27)32(3)23(2)33/h13-16,18-21,28H,4-12,17,22H2,1-3H3. The fourth-order valence-corrected chi connectivity index (χ4v) is 6.45. The Labute approximate surface area is 230 Å². The Morgan fingerprint density at radius 2 is 1.54 bits per heavy atom. The zero-order valence-electron chi connectivity index (χ0n) is 22.4. The fraction of sp³-hybridized carbons (Fsp3) is 0.500. The molecule has 0 radical (unpaired) electrons. The molecule has 3 rings (SSSR count). The van der Waals surface area contributed by atoms with E-state index in [1.165, 1.54) is 81.4 Å². The van der Waals surface area contributed by atoms with Crippen LogP contribution in [0.4, 0.5) is 5.69 Å². The van der Waals surface area contributed by atoms with Crippen molar-refractivity contribution >= 4 is 50.9 Å². The maximum absolute atomic E-state index is 13.3. The fourth-order valence-electron chi connectivity index (χ4n) is 4.17. The second kappa shape index (κ2) is 15.8. The van der Waals surface area contributed by atoms with E-state index in [0.717, 1.165) is 38.6 Å². The van der Waals surface area contributed by atoms with Crippen molar-refractivity contribution in [3.05, 3.63) is 53.5 Å². The van der Waals surface area contributed by atoms with Crippen molar-refractivity contribution in [2.45, 2.75) is 88.2 Å². The van der Waals surface area contributed by atoms with Crippen molar-refractivity contribution in [1.82, 2.24) is 4.98 Å². The zero-order valence-corrected chi connectivity index (χ0v) is 24.0. The normalized spacial score (nSPS) is 12.0. The van der Waals surface area contributed by atoms with Crippen molar-refractivity contribution in [3.8, 4) is 0 Å². The van der Waals surface area contributed by atoms with Gasteiger partial charge in [0.15, 0.2) is 5.25 Å². The van der Waals surface area contributed by atoms with Gasteiger partial charge in [-0.25, -0.2) is 4.98 Å². The molecule has 5 nitrogen and oxygen atoms in total. The number of amides is 1. The van der Waals surface area contributed by atoms with Gasteiger partial charge in [-0.05, 0) is 30.7 Å². The largest absolute Gasteiger partial charge is 0.465 e. The number of thioether (sulfide) groups is 1. The van der Waals surface area contributed by atoms with Crippen LogP contribution in [0.3, 0.4) is 0 Å². The van der Waals surface area contributed by atoms with E-state index in [2.05, 4.69) is 6.92 Å². The van der Waals surface area contributed by atoms with Gasteiger partial charge in [-0.15, -0.1) is 23.1 Å². The highest BCUT2D eigenvalue weighted by Gasteiger charge is 2.29. The molecule has 0 saturated carbocycles. The number of nitrogens with zero attached hydrogens (tertiary/aromatic N) is 2. The second-order valence-corrected chi connectivity index (χ2v) is 11.6. The minimum absolute atomic E-state index is 0.0619. The average molecular weight is 541 g/mol. The lowest BCUT2D eigenvalue weighted by molar-refractivity contribution is -0.143. The summed E-state index contributed by atoms with van der Waals surface area (Å²) in [5, 5.41) is 0.126. The molecule has 1 amide bonds. The van der Waals surface area contributed by atoms with Crippen LogP contribution in [0.1, 0.15) is 88.3 Å². The molecule has 1 atom stereocenters. The molecule has 3 aromatic rings. The van der Waals surface area contributed by atoms with E-state index < -0.39 is 5.25 Å². The molecule has 0 aliphatic rings. The molecule has 0 bridgehead atoms. The molecule has 1 aromatic heterocycles. The smallest absolute Gasteiger partial charge is 0.326 e. The van der Waals surface area contributed by atoms with Crippen LogP contribution in [0.15, 0.2) is 53.4 Å². The summed E-state index contributed by atoms with van der Waals surface area (Å²) in [6, 6.07) is 15.6. The molecule has 0 spiro atoms. The average Bonchev–Trinajstić information content (AvgIpc) is 3.34. The number of fused-ring (bicyclic) bond motifs is 1. The number of carbonyl (C=O) groups excluding carboxylic acids is 2. The lowest BCUT2D eigenvalue weighted by Crippen LogP contribution is -2.23. The third-order valence-electron chi connectivity index (χ3n) is 6.43. The first-order valence-electron chi connectivity index (χ1n) is 13.5. The minimum atomic E-state index is -0.595. The topological polar surface area (TPSA) is 59.5 Å². The van der Waals surface area contributed by atoms with Gasteiger partial charge in [-0.2, -0.15) is 0 Å². The Balaban J connectivity index is 1.60. The maximum atomic E-state index is 13.3. The van der Waals surface area contributed by atoms with Crippen molar-refractivity contribution < 1.29 is 14.3 Å². The number of esters is 1. The van der Waals surface area contributed by atoms with Crippen LogP contribution in [0, 0.1) is 0 Å². The SMILES string of the molecule is CCCCCCCCCCCCOC(=O)C(Sc1ccccc1N(C)C(C)=O)c1nc2ccccc2s1. The van der Waals surface area contributed by atoms with Gasteiger partial charge in [0.05, 0.1) is 22.5 Å². The molecule has 1 heterocycles. The highest BCUT2D eigenvalue weighted by Crippen LogP contribution is 2.43. The van der Waals surface area contributed by atoms with Gasteiger partial charge in [-0.1, -0.05) is 89.0 Å². The molecule has 0 fully saturated rings. The summed E-state index contributed by atoms with van der Waals surface area (Å²) in [6.07, 6.45) is 12.4. The molecule has 0 aliphatic heterocycles. The van der Waals surface area contributed by atoms with Crippen molar-refractivity contribution in [2.24, 2.45) is 0 Å². The summed E-state index contributed by atoms with van der Waals surface area (Å²) in [7, 11) is 1.75. The molecular formula is C30H40N2O3S2. The predicted molar refractivity (Wildman–Crippen MR) is 157 cm³/mol. The predicted octanol–water partition coefficient (Wildman–Crippen LogP) is 8.58. The number of carbonyl (C=O) groups is 2. The van der Waals surface area contributed by atoms with Crippen LogP contribution in [0.5, 0.6) is 0 Å². The van der Waals surface area contributed by atoms with Crippen molar-refractivity contribution in [2.75, 3.05) is 18.6 Å². The zero-order chi connectivity index (χ0) is 26.5. The number of anilines is 1. The lowest BCUT2D eigenvalue weighted by atomic mass is 10.1. The first-order chi connectivity index (χ1) is 18.0. The molecule has 200 valence electrons. The van der Waals surface area contributed by atoms with E-state index in [-0.39, 0.29) is 11.9 Å². The quantitative estimate of drug-likeness (QED) is 0.103. The highest BCUT2D eigenvalue weighted by atomic mass is 32.2. The van der Waals surface area contributed by atoms with Crippen LogP contribution in [0.25, 0.3) is 10.2 Å². The summed E-state index contributed by atoms with van der Waals surface area (Å²) >= 11 is 2.92. The maximum Gasteiger partial charge on any atom is 0.326 e. The first-order valence-corrected chi connectivity index (χ1v) is 15.2. The summed E-state index contributed by atoms with van der Waals surface area (Å²) < 4.78 is 6.81. The van der Waals surface area contributed by atoms with Gasteiger partial charge in [0.1, 0.15) is 5.01 Å². The van der Waals surface area contributed by atoms with Gasteiger partial charge in [-0.3, -0.25) is 9.59 Å². The van der Waals surface area contributed by atoms with Gasteiger partial charge in [0, 0.05) is 18.9 Å². The molecule has 1 unspecified atom stereocenters. The van der Waals surface area contributed by atoms with Gasteiger partial charge in [0.25, 0.3) is 0 Å². The van der Waals surface area contributed by atoms with Crippen LogP contribution in [0.2, 0.25) is 0 Å². The lowest BCUT2D eigenvalue weighted by Gasteiger charge is -2.21. The first kappa shape index (κ1) is 29.2. The Kier molecular flexibility index (Phi) is 12.4. The third kappa shape index (κ3) is 9.15. The highest BCUT2D eigenvalue weighted by molar-refractivity contribution is 8.00. The van der Waals surface area contributed by atoms with E-state index in [9.17, 15) is 9.59 Å². The number of benzene rings is 2. The number of para-hydroxylation sites is 2. The number of unbranched alkanes of at least 4 members (excludes halogenated alkanes) is 9. The molecule has 7 heteroatoms. The van der Waals surface area contributed by atoms with E-state index in [1.807, 2.05) is 48.5 Å². The molecule has 0 aliphatic carbocycles. The Hall–Kier alpha value is -2.38. The minimum Gasteiger partial charge on any atom is -0.465 e. The van der Waals surface area contributed by atoms with Crippen LogP contribution in [-0.4, -0.2) is 30.5 Å². The summed E-state index contributed by atoms with van der Waals surface area (Å²) in [6.45, 7) is 4.21. The Morgan fingerprint density at radius 1 is 0.919 bits per heavy atom. The molecule has 37 heavy (non-hydrogen) atoms. The number of thiazole rings is 1. The third-order valence-corrected chi connectivity index (χ3v) is 8.94. The number of rotatable bonds is 16. The number of hydrogen-bond donors (Lipinski definition) is 0. The van der Waals surface area contributed by atoms with E-state index in [4.69, 9.17) is 9.72 Å². The molecule has 0 N–H and O–H groups in total. The molecule has 2 aromatic carbocycles. The number of hydrogen-bond acceptors (Lipinski definition) is 6. The monoisotopic (exact) mass is 540 g/mol.